The molecule has 7 heteroatoms. The van der Waals surface area contributed by atoms with Crippen LogP contribution in [0.25, 0.3) is 0 Å². The molecule has 1 amide bonds. The lowest BCUT2D eigenvalue weighted by atomic mass is 10.3. The Morgan fingerprint density at radius 2 is 2.27 bits per heavy atom. The zero-order valence-corrected chi connectivity index (χ0v) is 13.0. The number of amides is 1. The number of carbonyl (C=O) groups is 1. The maximum Gasteiger partial charge on any atom is 0.253 e. The number of ether oxygens (including phenoxy) is 1. The van der Waals surface area contributed by atoms with Gasteiger partial charge in [-0.05, 0) is 12.1 Å². The van der Waals surface area contributed by atoms with Crippen molar-refractivity contribution in [3.05, 3.63) is 46.2 Å². The predicted octanol–water partition coefficient (Wildman–Crippen LogP) is 1.30. The summed E-state index contributed by atoms with van der Waals surface area (Å²) in [4.78, 5) is 22.8. The summed E-state index contributed by atoms with van der Waals surface area (Å²) in [7, 11) is 0. The van der Waals surface area contributed by atoms with Crippen molar-refractivity contribution in [2.45, 2.75) is 13.1 Å². The summed E-state index contributed by atoms with van der Waals surface area (Å²) in [5.74, 6) is -0.127. The minimum Gasteiger partial charge on any atom is -0.379 e. The van der Waals surface area contributed by atoms with E-state index in [-0.39, 0.29) is 5.91 Å². The van der Waals surface area contributed by atoms with Crippen LogP contribution in [0, 0.1) is 0 Å². The number of nitrogens with one attached hydrogen (secondary N) is 1. The van der Waals surface area contributed by atoms with Crippen LogP contribution < -0.4 is 5.32 Å². The number of aromatic nitrogens is 2. The molecule has 1 N–H and O–H groups in total. The van der Waals surface area contributed by atoms with Crippen molar-refractivity contribution >= 4 is 17.2 Å². The zero-order chi connectivity index (χ0) is 15.2. The number of thiazole rings is 1. The van der Waals surface area contributed by atoms with Crippen molar-refractivity contribution in [3.8, 4) is 0 Å². The van der Waals surface area contributed by atoms with E-state index in [0.29, 0.717) is 12.1 Å². The van der Waals surface area contributed by atoms with Gasteiger partial charge in [0.2, 0.25) is 0 Å². The van der Waals surface area contributed by atoms with E-state index in [0.717, 1.165) is 43.5 Å². The highest BCUT2D eigenvalue weighted by atomic mass is 32.1. The second-order valence-electron chi connectivity index (χ2n) is 5.05. The molecule has 0 radical (unpaired) electrons. The fraction of sp³-hybridized carbons (Fsp3) is 0.400. The molecule has 22 heavy (non-hydrogen) atoms. The molecule has 0 spiro atoms. The summed E-state index contributed by atoms with van der Waals surface area (Å²) in [5.41, 5.74) is 1.62. The van der Waals surface area contributed by atoms with E-state index in [1.54, 1.807) is 35.9 Å². The first-order valence-corrected chi connectivity index (χ1v) is 8.11. The minimum atomic E-state index is -0.127. The number of pyridine rings is 1. The molecule has 2 aromatic rings. The quantitative estimate of drug-likeness (QED) is 0.900. The monoisotopic (exact) mass is 318 g/mol. The number of hydrogen-bond acceptors (Lipinski definition) is 6. The fourth-order valence-corrected chi connectivity index (χ4v) is 2.97. The Hall–Kier alpha value is -1.83. The lowest BCUT2D eigenvalue weighted by Crippen LogP contribution is -2.35. The summed E-state index contributed by atoms with van der Waals surface area (Å²) >= 11 is 1.58. The van der Waals surface area contributed by atoms with Crippen molar-refractivity contribution in [2.24, 2.45) is 0 Å². The van der Waals surface area contributed by atoms with Gasteiger partial charge in [-0.3, -0.25) is 14.7 Å². The topological polar surface area (TPSA) is 67.4 Å². The molecule has 1 saturated heterocycles. The van der Waals surface area contributed by atoms with Gasteiger partial charge in [0.1, 0.15) is 5.01 Å². The molecule has 0 saturated carbocycles. The Morgan fingerprint density at radius 3 is 3.05 bits per heavy atom. The van der Waals surface area contributed by atoms with Crippen molar-refractivity contribution in [1.29, 1.82) is 0 Å². The van der Waals surface area contributed by atoms with Gasteiger partial charge in [0.05, 0.1) is 31.0 Å². The molecule has 0 unspecified atom stereocenters. The maximum atomic E-state index is 11.9. The number of hydrogen-bond donors (Lipinski definition) is 1. The summed E-state index contributed by atoms with van der Waals surface area (Å²) in [6.07, 6.45) is 3.20. The third-order valence-corrected chi connectivity index (χ3v) is 4.31. The van der Waals surface area contributed by atoms with Crippen molar-refractivity contribution < 1.29 is 9.53 Å². The van der Waals surface area contributed by atoms with Crippen LogP contribution in [0.3, 0.4) is 0 Å². The van der Waals surface area contributed by atoms with E-state index >= 15 is 0 Å². The van der Waals surface area contributed by atoms with Crippen LogP contribution >= 0.6 is 11.3 Å². The summed E-state index contributed by atoms with van der Waals surface area (Å²) in [5, 5.41) is 5.84. The standard InChI is InChI=1S/C15H18N4O2S/c20-15(12-2-1-3-16-8-12)17-9-14-18-13(11-22-14)10-19-4-6-21-7-5-19/h1-3,8,11H,4-7,9-10H2,(H,17,20). The first-order chi connectivity index (χ1) is 10.8. The highest BCUT2D eigenvalue weighted by Crippen LogP contribution is 2.13. The van der Waals surface area contributed by atoms with Crippen molar-refractivity contribution in [1.82, 2.24) is 20.2 Å². The lowest BCUT2D eigenvalue weighted by molar-refractivity contribution is 0.0337. The average Bonchev–Trinajstić information content (AvgIpc) is 3.02. The Kier molecular flexibility index (Phi) is 5.10. The Labute approximate surface area is 133 Å². The van der Waals surface area contributed by atoms with Gasteiger partial charge in [-0.25, -0.2) is 4.98 Å². The van der Waals surface area contributed by atoms with Crippen LogP contribution in [0.5, 0.6) is 0 Å². The van der Waals surface area contributed by atoms with E-state index in [9.17, 15) is 4.79 Å². The van der Waals surface area contributed by atoms with Crippen LogP contribution in [-0.2, 0) is 17.8 Å². The van der Waals surface area contributed by atoms with Gasteiger partial charge >= 0.3 is 0 Å². The van der Waals surface area contributed by atoms with Gasteiger partial charge in [0.15, 0.2) is 0 Å². The van der Waals surface area contributed by atoms with E-state index in [2.05, 4.69) is 25.6 Å². The normalized spacial score (nSPS) is 15.6. The van der Waals surface area contributed by atoms with Crippen molar-refractivity contribution in [3.63, 3.8) is 0 Å². The molecule has 0 atom stereocenters. The zero-order valence-electron chi connectivity index (χ0n) is 12.2. The smallest absolute Gasteiger partial charge is 0.253 e. The van der Waals surface area contributed by atoms with Crippen molar-refractivity contribution in [2.75, 3.05) is 26.3 Å². The van der Waals surface area contributed by atoms with E-state index in [1.807, 2.05) is 0 Å². The van der Waals surface area contributed by atoms with Gasteiger partial charge in [-0.15, -0.1) is 11.3 Å². The van der Waals surface area contributed by atoms with E-state index in [4.69, 9.17) is 4.74 Å². The lowest BCUT2D eigenvalue weighted by Gasteiger charge is -2.25. The van der Waals surface area contributed by atoms with Gasteiger partial charge in [-0.2, -0.15) is 0 Å². The van der Waals surface area contributed by atoms with Gasteiger partial charge in [0, 0.05) is 37.4 Å². The van der Waals surface area contributed by atoms with Crippen LogP contribution in [0.1, 0.15) is 21.1 Å². The molecule has 0 aromatic carbocycles. The number of morpholine rings is 1. The molecule has 6 nitrogen and oxygen atoms in total. The first kappa shape index (κ1) is 15.1. The maximum absolute atomic E-state index is 11.9. The van der Waals surface area contributed by atoms with Gasteiger partial charge < -0.3 is 10.1 Å². The van der Waals surface area contributed by atoms with Gasteiger partial charge in [-0.1, -0.05) is 0 Å². The summed E-state index contributed by atoms with van der Waals surface area (Å²) < 4.78 is 5.34. The molecule has 1 aliphatic rings. The van der Waals surface area contributed by atoms with E-state index < -0.39 is 0 Å². The molecular formula is C15H18N4O2S. The third kappa shape index (κ3) is 4.09. The highest BCUT2D eigenvalue weighted by Gasteiger charge is 2.13. The molecule has 3 heterocycles. The average molecular weight is 318 g/mol. The SMILES string of the molecule is O=C(NCc1nc(CN2CCOCC2)cs1)c1cccnc1. The molecule has 0 aliphatic carbocycles. The Balaban J connectivity index is 1.50. The van der Waals surface area contributed by atoms with Gasteiger partial charge in [0.25, 0.3) is 5.91 Å². The second-order valence-corrected chi connectivity index (χ2v) is 5.99. The fourth-order valence-electron chi connectivity index (χ4n) is 2.25. The molecule has 3 rings (SSSR count). The largest absolute Gasteiger partial charge is 0.379 e. The molecular weight excluding hydrogens is 300 g/mol. The summed E-state index contributed by atoms with van der Waals surface area (Å²) in [6.45, 7) is 4.77. The predicted molar refractivity (Wildman–Crippen MR) is 83.6 cm³/mol. The minimum absolute atomic E-state index is 0.127. The van der Waals surface area contributed by atoms with Crippen LogP contribution in [0.4, 0.5) is 0 Å². The highest BCUT2D eigenvalue weighted by molar-refractivity contribution is 7.09. The first-order valence-electron chi connectivity index (χ1n) is 7.23. The molecule has 1 aliphatic heterocycles. The Bertz CT molecular complexity index is 611. The third-order valence-electron chi connectivity index (χ3n) is 3.41. The molecule has 116 valence electrons. The molecule has 1 fully saturated rings. The van der Waals surface area contributed by atoms with Crippen LogP contribution in [-0.4, -0.2) is 47.1 Å². The Morgan fingerprint density at radius 1 is 1.41 bits per heavy atom. The van der Waals surface area contributed by atoms with Crippen LogP contribution in [0.2, 0.25) is 0 Å². The number of rotatable bonds is 5. The van der Waals surface area contributed by atoms with E-state index in [1.165, 1.54) is 0 Å². The molecule has 2 aromatic heterocycles. The summed E-state index contributed by atoms with van der Waals surface area (Å²) in [6, 6.07) is 3.49. The number of nitrogens with zero attached hydrogens (tertiary/aromatic N) is 3. The second kappa shape index (κ2) is 7.44. The molecule has 0 bridgehead atoms. The number of carbonyl (C=O) groups excluding carboxylic acids is 1. The van der Waals surface area contributed by atoms with Crippen LogP contribution in [0.15, 0.2) is 29.9 Å².